The summed E-state index contributed by atoms with van der Waals surface area (Å²) in [4.78, 5) is 37.5. The number of hydrogen-bond acceptors (Lipinski definition) is 9. The molecule has 3 atom stereocenters. The predicted octanol–water partition coefficient (Wildman–Crippen LogP) is 10.9. The van der Waals surface area contributed by atoms with E-state index in [2.05, 4.69) is 55.5 Å². The fraction of sp³-hybridized carbons (Fsp3) is 0.625. The van der Waals surface area contributed by atoms with Gasteiger partial charge in [-0.2, -0.15) is 0 Å². The van der Waals surface area contributed by atoms with Gasteiger partial charge >= 0.3 is 11.9 Å². The smallest absolute Gasteiger partial charge is 0.306 e. The van der Waals surface area contributed by atoms with Crippen LogP contribution in [0.3, 0.4) is 0 Å². The highest BCUT2D eigenvalue weighted by Gasteiger charge is 2.21. The average molecular weight is 846 g/mol. The minimum atomic E-state index is -4.66. The van der Waals surface area contributed by atoms with Gasteiger partial charge in [-0.15, -0.1) is 0 Å². The third kappa shape index (κ3) is 42.8. The third-order valence-corrected chi connectivity index (χ3v) is 9.63. The number of likely N-dealkylation sites (N-methyl/N-ethyl adjacent to an activating group) is 1. The molecule has 11 heteroatoms. The van der Waals surface area contributed by atoms with E-state index in [0.29, 0.717) is 36.7 Å². The van der Waals surface area contributed by atoms with Crippen molar-refractivity contribution in [2.45, 2.75) is 148 Å². The number of hydrogen-bond donors (Lipinski definition) is 1. The first-order chi connectivity index (χ1) is 28.4. The molecule has 336 valence electrons. The third-order valence-electron chi connectivity index (χ3n) is 8.66. The summed E-state index contributed by atoms with van der Waals surface area (Å²) in [6, 6.07) is 0. The molecule has 1 N–H and O–H groups in total. The number of rotatable bonds is 38. The Morgan fingerprint density at radius 3 is 1.80 bits per heavy atom. The number of ether oxygens (including phenoxy) is 2. The van der Waals surface area contributed by atoms with E-state index >= 15 is 0 Å². The highest BCUT2D eigenvalue weighted by atomic mass is 31.2. The highest BCUT2D eigenvalue weighted by Crippen LogP contribution is 2.38. The van der Waals surface area contributed by atoms with Crippen LogP contribution in [0.2, 0.25) is 0 Å². The lowest BCUT2D eigenvalue weighted by molar-refractivity contribution is -0.870. The molecule has 0 saturated carbocycles. The number of phosphoric ester groups is 1. The summed E-state index contributed by atoms with van der Waals surface area (Å²) in [5, 5.41) is 9.77. The number of allylic oxidation sites excluding steroid dienone is 14. The van der Waals surface area contributed by atoms with E-state index in [0.717, 1.165) is 57.8 Å². The standard InChI is InChI=1S/C48H80NO9P/c1-6-8-10-11-12-13-14-15-16-17-18-19-24-27-30-33-36-40-48(52)58-46(44-57-59(53,54)56-42-41-49(3,4)5)43-55-47(51)39-35-32-29-26-23-21-20-22-25-28-31-34-38-45(50)37-9-7-2/h9,12-13,15-16,18-21,25-26,28-29,31,34,37,45-46,50H,6-8,10-11,14,17,22-24,27,30,32-33,35-36,38-44H2,1-5H3/b13-12-,16-15-,19-18-,21-20-,28-25-,29-26-,34-31+,37-9-/t45?,46-/m1/s1. The van der Waals surface area contributed by atoms with Crippen LogP contribution in [0.5, 0.6) is 0 Å². The Balaban J connectivity index is 4.55. The SMILES string of the molecule is CC/C=C\C(O)C/C=C/C=C\C/C=C\C/C=C\CCCC(=O)OC[C@H](COP(=O)([O-])OCC[N+](C)(C)C)OC(=O)CCCCCC/C=C\C/C=C\C/C=C\CCCCC. The molecule has 0 aliphatic heterocycles. The van der Waals surface area contributed by atoms with Crippen LogP contribution in [-0.4, -0.2) is 81.2 Å². The minimum Gasteiger partial charge on any atom is -0.756 e. The van der Waals surface area contributed by atoms with Crippen molar-refractivity contribution >= 4 is 19.8 Å². The molecular formula is C48H80NO9P. The molecule has 0 rings (SSSR count). The zero-order valence-corrected chi connectivity index (χ0v) is 38.2. The molecule has 0 bridgehead atoms. The van der Waals surface area contributed by atoms with Crippen LogP contribution in [0.4, 0.5) is 0 Å². The van der Waals surface area contributed by atoms with Gasteiger partial charge in [0.05, 0.1) is 33.9 Å². The zero-order chi connectivity index (χ0) is 43.7. The number of nitrogens with zero attached hydrogens (tertiary/aromatic N) is 1. The zero-order valence-electron chi connectivity index (χ0n) is 37.3. The van der Waals surface area contributed by atoms with Crippen molar-refractivity contribution < 1.29 is 47.2 Å². The summed E-state index contributed by atoms with van der Waals surface area (Å²) >= 11 is 0. The van der Waals surface area contributed by atoms with Crippen LogP contribution < -0.4 is 4.89 Å². The minimum absolute atomic E-state index is 0.0571. The van der Waals surface area contributed by atoms with E-state index in [1.54, 1.807) is 0 Å². The maximum Gasteiger partial charge on any atom is 0.306 e. The van der Waals surface area contributed by atoms with Gasteiger partial charge < -0.3 is 33.0 Å². The van der Waals surface area contributed by atoms with Crippen LogP contribution in [0.15, 0.2) is 97.2 Å². The Kier molecular flexibility index (Phi) is 37.0. The fourth-order valence-corrected chi connectivity index (χ4v) is 5.91. The van der Waals surface area contributed by atoms with Crippen LogP contribution in [0.1, 0.15) is 136 Å². The van der Waals surface area contributed by atoms with E-state index in [1.165, 1.54) is 25.7 Å². The quantitative estimate of drug-likeness (QED) is 0.0161. The van der Waals surface area contributed by atoms with E-state index in [4.69, 9.17) is 18.5 Å². The van der Waals surface area contributed by atoms with Crippen molar-refractivity contribution in [3.05, 3.63) is 97.2 Å². The van der Waals surface area contributed by atoms with Gasteiger partial charge in [0.15, 0.2) is 6.10 Å². The van der Waals surface area contributed by atoms with Gasteiger partial charge in [-0.25, -0.2) is 0 Å². The highest BCUT2D eigenvalue weighted by molar-refractivity contribution is 7.45. The van der Waals surface area contributed by atoms with Gasteiger partial charge in [0, 0.05) is 12.8 Å². The number of esters is 2. The second-order valence-corrected chi connectivity index (χ2v) is 16.9. The molecule has 0 saturated heterocycles. The Bertz CT molecular complexity index is 1340. The lowest BCUT2D eigenvalue weighted by Crippen LogP contribution is -2.37. The largest absolute Gasteiger partial charge is 0.756 e. The number of carbonyl (C=O) groups is 2. The second kappa shape index (κ2) is 39.1. The van der Waals surface area contributed by atoms with E-state index in [9.17, 15) is 24.2 Å². The summed E-state index contributed by atoms with van der Waals surface area (Å²) in [5.41, 5.74) is 0. The Morgan fingerprint density at radius 1 is 0.644 bits per heavy atom. The molecule has 0 aliphatic rings. The molecule has 2 unspecified atom stereocenters. The topological polar surface area (TPSA) is 131 Å². The molecular weight excluding hydrogens is 765 g/mol. The molecule has 0 heterocycles. The van der Waals surface area contributed by atoms with E-state index in [1.807, 2.05) is 76.7 Å². The van der Waals surface area contributed by atoms with Gasteiger partial charge in [-0.1, -0.05) is 137 Å². The van der Waals surface area contributed by atoms with Crippen LogP contribution in [0.25, 0.3) is 0 Å². The maximum atomic E-state index is 12.7. The lowest BCUT2D eigenvalue weighted by atomic mass is 10.1. The lowest BCUT2D eigenvalue weighted by Gasteiger charge is -2.28. The first-order valence-electron chi connectivity index (χ1n) is 22.1. The normalized spacial score (nSPS) is 15.0. The second-order valence-electron chi connectivity index (χ2n) is 15.5. The van der Waals surface area contributed by atoms with Crippen LogP contribution >= 0.6 is 7.82 Å². The Labute approximate surface area is 358 Å². The molecule has 0 aromatic rings. The molecule has 0 aliphatic carbocycles. The molecule has 0 spiro atoms. The summed E-state index contributed by atoms with van der Waals surface area (Å²) in [7, 11) is 1.08. The molecule has 59 heavy (non-hydrogen) atoms. The van der Waals surface area contributed by atoms with Gasteiger partial charge in [-0.05, 0) is 83.5 Å². The molecule has 0 aromatic carbocycles. The maximum absolute atomic E-state index is 12.7. The predicted molar refractivity (Wildman–Crippen MR) is 241 cm³/mol. The first kappa shape index (κ1) is 55.9. The Hall–Kier alpha value is -3.11. The van der Waals surface area contributed by atoms with Crippen molar-refractivity contribution in [2.24, 2.45) is 0 Å². The van der Waals surface area contributed by atoms with Crippen molar-refractivity contribution in [1.29, 1.82) is 0 Å². The molecule has 0 fully saturated rings. The summed E-state index contributed by atoms with van der Waals surface area (Å²) in [6.45, 7) is 3.82. The number of quaternary nitrogens is 1. The van der Waals surface area contributed by atoms with E-state index < -0.39 is 38.6 Å². The van der Waals surface area contributed by atoms with Crippen molar-refractivity contribution in [3.63, 3.8) is 0 Å². The molecule has 0 amide bonds. The summed E-state index contributed by atoms with van der Waals surface area (Å²) < 4.78 is 33.8. The summed E-state index contributed by atoms with van der Waals surface area (Å²) in [6.07, 6.45) is 47.8. The van der Waals surface area contributed by atoms with Crippen LogP contribution in [-0.2, 0) is 32.7 Å². The van der Waals surface area contributed by atoms with Crippen molar-refractivity contribution in [3.8, 4) is 0 Å². The average Bonchev–Trinajstić information content (AvgIpc) is 3.18. The number of phosphoric acid groups is 1. The number of unbranched alkanes of at least 4 members (excludes halogenated alkanes) is 8. The number of aliphatic hydroxyl groups excluding tert-OH is 1. The van der Waals surface area contributed by atoms with Crippen LogP contribution in [0, 0.1) is 0 Å². The van der Waals surface area contributed by atoms with E-state index in [-0.39, 0.29) is 26.1 Å². The number of carbonyl (C=O) groups excluding carboxylic acids is 2. The van der Waals surface area contributed by atoms with Gasteiger partial charge in [-0.3, -0.25) is 14.2 Å². The summed E-state index contributed by atoms with van der Waals surface area (Å²) in [5.74, 6) is -0.963. The fourth-order valence-electron chi connectivity index (χ4n) is 5.19. The molecule has 0 aromatic heterocycles. The van der Waals surface area contributed by atoms with Crippen molar-refractivity contribution in [1.82, 2.24) is 0 Å². The van der Waals surface area contributed by atoms with Gasteiger partial charge in [0.1, 0.15) is 19.8 Å². The Morgan fingerprint density at radius 2 is 1.19 bits per heavy atom. The first-order valence-corrected chi connectivity index (χ1v) is 23.5. The molecule has 10 nitrogen and oxygen atoms in total. The van der Waals surface area contributed by atoms with Gasteiger partial charge in [0.2, 0.25) is 0 Å². The monoisotopic (exact) mass is 846 g/mol. The molecule has 0 radical (unpaired) electrons. The van der Waals surface area contributed by atoms with Gasteiger partial charge in [0.25, 0.3) is 7.82 Å². The van der Waals surface area contributed by atoms with Crippen molar-refractivity contribution in [2.75, 3.05) is 47.5 Å². The number of aliphatic hydroxyl groups is 1.